The van der Waals surface area contributed by atoms with Gasteiger partial charge >= 0.3 is 0 Å². The van der Waals surface area contributed by atoms with E-state index in [4.69, 9.17) is 11.6 Å². The Labute approximate surface area is 132 Å². The SMILES string of the molecule is CC1CCC(C)C(Nc2ccc(Cl)c(C(=O)N(C)C)c2)C1. The topological polar surface area (TPSA) is 32.3 Å². The summed E-state index contributed by atoms with van der Waals surface area (Å²) in [4.78, 5) is 13.7. The summed E-state index contributed by atoms with van der Waals surface area (Å²) < 4.78 is 0. The summed E-state index contributed by atoms with van der Waals surface area (Å²) in [6.45, 7) is 4.61. The molecule has 1 amide bonds. The third-order valence-electron chi connectivity index (χ3n) is 4.41. The highest BCUT2D eigenvalue weighted by Gasteiger charge is 2.25. The summed E-state index contributed by atoms with van der Waals surface area (Å²) in [5.41, 5.74) is 1.54. The summed E-state index contributed by atoms with van der Waals surface area (Å²) in [5, 5.41) is 4.10. The lowest BCUT2D eigenvalue weighted by Gasteiger charge is -2.34. The average Bonchev–Trinajstić information content (AvgIpc) is 2.44. The van der Waals surface area contributed by atoms with E-state index in [0.717, 1.165) is 11.6 Å². The predicted octanol–water partition coefficient (Wildman–Crippen LogP) is 4.28. The molecule has 21 heavy (non-hydrogen) atoms. The first-order valence-corrected chi connectivity index (χ1v) is 8.04. The highest BCUT2D eigenvalue weighted by atomic mass is 35.5. The van der Waals surface area contributed by atoms with Gasteiger partial charge in [-0.3, -0.25) is 4.79 Å². The van der Waals surface area contributed by atoms with Gasteiger partial charge in [-0.05, 0) is 42.9 Å². The number of nitrogens with zero attached hydrogens (tertiary/aromatic N) is 1. The molecule has 0 spiro atoms. The lowest BCUT2D eigenvalue weighted by atomic mass is 9.80. The minimum Gasteiger partial charge on any atom is -0.382 e. The Balaban J connectivity index is 2.17. The first-order valence-electron chi connectivity index (χ1n) is 7.66. The lowest BCUT2D eigenvalue weighted by molar-refractivity contribution is 0.0828. The van der Waals surface area contributed by atoms with E-state index in [-0.39, 0.29) is 5.91 Å². The molecule has 3 atom stereocenters. The summed E-state index contributed by atoms with van der Waals surface area (Å²) >= 11 is 6.15. The standard InChI is InChI=1S/C17H25ClN2O/c1-11-5-6-12(2)16(9-11)19-13-7-8-15(18)14(10-13)17(21)20(3)4/h7-8,10-12,16,19H,5-6,9H2,1-4H3. The maximum atomic E-state index is 12.1. The molecule has 0 aliphatic heterocycles. The van der Waals surface area contributed by atoms with Gasteiger partial charge in [0, 0.05) is 25.8 Å². The van der Waals surface area contributed by atoms with Crippen LogP contribution in [-0.2, 0) is 0 Å². The van der Waals surface area contributed by atoms with Crippen LogP contribution in [0.2, 0.25) is 5.02 Å². The first-order chi connectivity index (χ1) is 9.88. The lowest BCUT2D eigenvalue weighted by Crippen LogP contribution is -2.33. The molecule has 0 heterocycles. The number of halogens is 1. The van der Waals surface area contributed by atoms with Crippen LogP contribution in [0.1, 0.15) is 43.5 Å². The fraction of sp³-hybridized carbons (Fsp3) is 0.588. The number of nitrogens with one attached hydrogen (secondary N) is 1. The predicted molar refractivity (Wildman–Crippen MR) is 89.1 cm³/mol. The highest BCUT2D eigenvalue weighted by molar-refractivity contribution is 6.34. The molecule has 0 bridgehead atoms. The zero-order valence-electron chi connectivity index (χ0n) is 13.3. The van der Waals surface area contributed by atoms with Crippen LogP contribution >= 0.6 is 11.6 Å². The maximum absolute atomic E-state index is 12.1. The normalized spacial score (nSPS) is 25.5. The molecule has 3 unspecified atom stereocenters. The molecular formula is C17H25ClN2O. The molecule has 1 aliphatic rings. The van der Waals surface area contributed by atoms with Gasteiger partial charge in [-0.15, -0.1) is 0 Å². The van der Waals surface area contributed by atoms with Crippen LogP contribution in [0.3, 0.4) is 0 Å². The monoisotopic (exact) mass is 308 g/mol. The second-order valence-corrected chi connectivity index (χ2v) is 6.95. The van der Waals surface area contributed by atoms with Crippen molar-refractivity contribution >= 4 is 23.2 Å². The van der Waals surface area contributed by atoms with Gasteiger partial charge in [0.15, 0.2) is 0 Å². The van der Waals surface area contributed by atoms with Crippen molar-refractivity contribution in [1.29, 1.82) is 0 Å². The van der Waals surface area contributed by atoms with Crippen LogP contribution in [0.5, 0.6) is 0 Å². The zero-order chi connectivity index (χ0) is 15.6. The van der Waals surface area contributed by atoms with E-state index >= 15 is 0 Å². The maximum Gasteiger partial charge on any atom is 0.254 e. The number of rotatable bonds is 3. The molecule has 3 nitrogen and oxygen atoms in total. The van der Waals surface area contributed by atoms with Crippen molar-refractivity contribution in [3.63, 3.8) is 0 Å². The first kappa shape index (κ1) is 16.2. The molecule has 116 valence electrons. The zero-order valence-corrected chi connectivity index (χ0v) is 14.1. The van der Waals surface area contributed by atoms with Crippen molar-refractivity contribution in [3.05, 3.63) is 28.8 Å². The van der Waals surface area contributed by atoms with Gasteiger partial charge in [-0.25, -0.2) is 0 Å². The third-order valence-corrected chi connectivity index (χ3v) is 4.74. The summed E-state index contributed by atoms with van der Waals surface area (Å²) in [5.74, 6) is 1.35. The largest absolute Gasteiger partial charge is 0.382 e. The second-order valence-electron chi connectivity index (χ2n) is 6.54. The fourth-order valence-corrected chi connectivity index (χ4v) is 3.17. The van der Waals surface area contributed by atoms with Crippen molar-refractivity contribution < 1.29 is 4.79 Å². The van der Waals surface area contributed by atoms with Crippen molar-refractivity contribution in [2.24, 2.45) is 11.8 Å². The van der Waals surface area contributed by atoms with Gasteiger partial charge in [-0.1, -0.05) is 31.9 Å². The number of hydrogen-bond acceptors (Lipinski definition) is 2. The molecule has 0 saturated heterocycles. The summed E-state index contributed by atoms with van der Waals surface area (Å²) in [7, 11) is 3.48. The molecule has 1 N–H and O–H groups in total. The summed E-state index contributed by atoms with van der Waals surface area (Å²) in [6.07, 6.45) is 3.75. The molecule has 2 rings (SSSR count). The quantitative estimate of drug-likeness (QED) is 0.904. The van der Waals surface area contributed by atoms with Crippen molar-refractivity contribution in [3.8, 4) is 0 Å². The van der Waals surface area contributed by atoms with Gasteiger partial charge < -0.3 is 10.2 Å². The van der Waals surface area contributed by atoms with E-state index in [0.29, 0.717) is 22.5 Å². The van der Waals surface area contributed by atoms with Gasteiger partial charge in [0.2, 0.25) is 0 Å². The number of anilines is 1. The Morgan fingerprint density at radius 1 is 1.29 bits per heavy atom. The van der Waals surface area contributed by atoms with Crippen LogP contribution in [0, 0.1) is 11.8 Å². The van der Waals surface area contributed by atoms with Gasteiger partial charge in [0.05, 0.1) is 10.6 Å². The summed E-state index contributed by atoms with van der Waals surface area (Å²) in [6, 6.07) is 6.10. The molecule has 0 aromatic heterocycles. The number of carbonyl (C=O) groups excluding carboxylic acids is 1. The molecule has 0 radical (unpaired) electrons. The Bertz CT molecular complexity index is 516. The molecular weight excluding hydrogens is 284 g/mol. The Kier molecular flexibility index (Phi) is 5.15. The van der Waals surface area contributed by atoms with Crippen molar-refractivity contribution in [1.82, 2.24) is 4.90 Å². The van der Waals surface area contributed by atoms with E-state index in [9.17, 15) is 4.79 Å². The third kappa shape index (κ3) is 3.91. The molecule has 1 saturated carbocycles. The van der Waals surface area contributed by atoms with E-state index in [1.807, 2.05) is 12.1 Å². The fourth-order valence-electron chi connectivity index (χ4n) is 2.97. The number of carbonyl (C=O) groups is 1. The van der Waals surface area contributed by atoms with E-state index in [2.05, 4.69) is 19.2 Å². The Hall–Kier alpha value is -1.22. The van der Waals surface area contributed by atoms with E-state index in [1.165, 1.54) is 19.3 Å². The minimum absolute atomic E-state index is 0.0614. The van der Waals surface area contributed by atoms with Crippen LogP contribution in [0.25, 0.3) is 0 Å². The Morgan fingerprint density at radius 3 is 2.67 bits per heavy atom. The number of benzene rings is 1. The van der Waals surface area contributed by atoms with Crippen molar-refractivity contribution in [2.75, 3.05) is 19.4 Å². The molecule has 1 aromatic carbocycles. The van der Waals surface area contributed by atoms with Crippen LogP contribution in [0.15, 0.2) is 18.2 Å². The molecule has 1 fully saturated rings. The molecule has 1 aromatic rings. The van der Waals surface area contributed by atoms with E-state index < -0.39 is 0 Å². The molecule has 4 heteroatoms. The number of hydrogen-bond donors (Lipinski definition) is 1. The number of amides is 1. The van der Waals surface area contributed by atoms with Crippen LogP contribution < -0.4 is 5.32 Å². The Morgan fingerprint density at radius 2 is 2.00 bits per heavy atom. The highest BCUT2D eigenvalue weighted by Crippen LogP contribution is 2.31. The minimum atomic E-state index is -0.0614. The van der Waals surface area contributed by atoms with Crippen LogP contribution in [0.4, 0.5) is 5.69 Å². The smallest absolute Gasteiger partial charge is 0.254 e. The second kappa shape index (κ2) is 6.69. The van der Waals surface area contributed by atoms with Gasteiger partial charge in [-0.2, -0.15) is 0 Å². The van der Waals surface area contributed by atoms with Crippen molar-refractivity contribution in [2.45, 2.75) is 39.2 Å². The van der Waals surface area contributed by atoms with E-state index in [1.54, 1.807) is 25.1 Å². The van der Waals surface area contributed by atoms with Gasteiger partial charge in [0.1, 0.15) is 0 Å². The average molecular weight is 309 g/mol. The molecule has 1 aliphatic carbocycles. The van der Waals surface area contributed by atoms with Gasteiger partial charge in [0.25, 0.3) is 5.91 Å². The van der Waals surface area contributed by atoms with Crippen LogP contribution in [-0.4, -0.2) is 30.9 Å².